The summed E-state index contributed by atoms with van der Waals surface area (Å²) >= 11 is 0. The number of aromatic nitrogens is 2. The molecule has 0 aliphatic heterocycles. The van der Waals surface area contributed by atoms with E-state index in [0.29, 0.717) is 0 Å². The van der Waals surface area contributed by atoms with Gasteiger partial charge >= 0.3 is 0 Å². The van der Waals surface area contributed by atoms with E-state index in [-0.39, 0.29) is 6.10 Å². The molecule has 0 unspecified atom stereocenters. The monoisotopic (exact) mass is 271 g/mol. The highest BCUT2D eigenvalue weighted by Crippen LogP contribution is 2.15. The fraction of sp³-hybridized carbons (Fsp3) is 0.375. The van der Waals surface area contributed by atoms with Gasteiger partial charge in [0.2, 0.25) is 5.88 Å². The lowest BCUT2D eigenvalue weighted by atomic mass is 10.2. The van der Waals surface area contributed by atoms with Crippen LogP contribution in [-0.2, 0) is 13.0 Å². The van der Waals surface area contributed by atoms with E-state index in [1.165, 1.54) is 5.56 Å². The quantitative estimate of drug-likeness (QED) is 0.786. The van der Waals surface area contributed by atoms with Crippen molar-refractivity contribution >= 4 is 0 Å². The van der Waals surface area contributed by atoms with Crippen molar-refractivity contribution in [2.45, 2.75) is 32.9 Å². The molecule has 4 nitrogen and oxygen atoms in total. The van der Waals surface area contributed by atoms with Gasteiger partial charge in [-0.15, -0.1) is 0 Å². The van der Waals surface area contributed by atoms with Crippen LogP contribution in [0.3, 0.4) is 0 Å². The molecule has 0 saturated carbocycles. The van der Waals surface area contributed by atoms with E-state index in [0.717, 1.165) is 31.0 Å². The van der Waals surface area contributed by atoms with Gasteiger partial charge in [0.1, 0.15) is 0 Å². The Morgan fingerprint density at radius 2 is 2.05 bits per heavy atom. The summed E-state index contributed by atoms with van der Waals surface area (Å²) in [6.07, 6.45) is 6.56. The number of ether oxygens (including phenoxy) is 1. The normalized spacial score (nSPS) is 10.8. The Bertz CT molecular complexity index is 514. The maximum absolute atomic E-state index is 5.70. The Kier molecular flexibility index (Phi) is 5.50. The zero-order chi connectivity index (χ0) is 14.2. The molecule has 2 aromatic rings. The van der Waals surface area contributed by atoms with E-state index < -0.39 is 0 Å². The lowest BCUT2D eigenvalue weighted by molar-refractivity contribution is 0.229. The van der Waals surface area contributed by atoms with Crippen LogP contribution in [-0.4, -0.2) is 22.6 Å². The van der Waals surface area contributed by atoms with Gasteiger partial charge in [0, 0.05) is 30.7 Å². The van der Waals surface area contributed by atoms with Gasteiger partial charge in [0.05, 0.1) is 6.10 Å². The fourth-order valence-corrected chi connectivity index (χ4v) is 1.89. The molecule has 2 aromatic heterocycles. The zero-order valence-electron chi connectivity index (χ0n) is 12.0. The first kappa shape index (κ1) is 14.5. The average molecular weight is 271 g/mol. The van der Waals surface area contributed by atoms with Crippen LogP contribution in [0.4, 0.5) is 0 Å². The first-order valence-electron chi connectivity index (χ1n) is 6.96. The molecule has 0 radical (unpaired) electrons. The third-order valence-corrected chi connectivity index (χ3v) is 2.83. The molecule has 0 atom stereocenters. The van der Waals surface area contributed by atoms with Crippen molar-refractivity contribution in [1.82, 2.24) is 15.3 Å². The van der Waals surface area contributed by atoms with Gasteiger partial charge in [-0.25, -0.2) is 4.98 Å². The summed E-state index contributed by atoms with van der Waals surface area (Å²) in [4.78, 5) is 8.39. The highest BCUT2D eigenvalue weighted by Gasteiger charge is 2.05. The smallest absolute Gasteiger partial charge is 0.218 e. The predicted molar refractivity (Wildman–Crippen MR) is 79.6 cm³/mol. The summed E-state index contributed by atoms with van der Waals surface area (Å²) < 4.78 is 5.70. The first-order valence-corrected chi connectivity index (χ1v) is 6.96. The van der Waals surface area contributed by atoms with Crippen molar-refractivity contribution in [2.24, 2.45) is 0 Å². The molecule has 106 valence electrons. The first-order chi connectivity index (χ1) is 9.75. The van der Waals surface area contributed by atoms with E-state index >= 15 is 0 Å². The van der Waals surface area contributed by atoms with Gasteiger partial charge in [-0.3, -0.25) is 4.98 Å². The Labute approximate surface area is 120 Å². The summed E-state index contributed by atoms with van der Waals surface area (Å²) in [5.41, 5.74) is 2.33. The number of hydrogen-bond acceptors (Lipinski definition) is 4. The van der Waals surface area contributed by atoms with Gasteiger partial charge in [-0.05, 0) is 44.5 Å². The molecule has 0 aromatic carbocycles. The molecule has 20 heavy (non-hydrogen) atoms. The Morgan fingerprint density at radius 1 is 1.20 bits per heavy atom. The van der Waals surface area contributed by atoms with Gasteiger partial charge in [0.15, 0.2) is 0 Å². The summed E-state index contributed by atoms with van der Waals surface area (Å²) in [5.74, 6) is 0.719. The predicted octanol–water partition coefficient (Wildman–Crippen LogP) is 2.60. The molecule has 0 bridgehead atoms. The van der Waals surface area contributed by atoms with E-state index in [1.807, 2.05) is 38.2 Å². The summed E-state index contributed by atoms with van der Waals surface area (Å²) in [6, 6.07) is 8.03. The lowest BCUT2D eigenvalue weighted by Gasteiger charge is -2.13. The molecular formula is C16H21N3O. The lowest BCUT2D eigenvalue weighted by Crippen LogP contribution is -2.18. The van der Waals surface area contributed by atoms with Gasteiger partial charge in [-0.1, -0.05) is 12.1 Å². The SMILES string of the molecule is CC(C)Oc1ncccc1CNCCc1cccnc1. The number of pyridine rings is 2. The molecule has 0 aliphatic carbocycles. The van der Waals surface area contributed by atoms with Crippen LogP contribution >= 0.6 is 0 Å². The summed E-state index contributed by atoms with van der Waals surface area (Å²) in [6.45, 7) is 5.68. The number of hydrogen-bond donors (Lipinski definition) is 1. The third-order valence-electron chi connectivity index (χ3n) is 2.83. The summed E-state index contributed by atoms with van der Waals surface area (Å²) in [5, 5.41) is 3.42. The van der Waals surface area contributed by atoms with Crippen molar-refractivity contribution in [2.75, 3.05) is 6.54 Å². The summed E-state index contributed by atoms with van der Waals surface area (Å²) in [7, 11) is 0. The molecule has 2 rings (SSSR count). The van der Waals surface area contributed by atoms with Gasteiger partial charge < -0.3 is 10.1 Å². The van der Waals surface area contributed by atoms with Crippen LogP contribution in [0.25, 0.3) is 0 Å². The van der Waals surface area contributed by atoms with E-state index in [9.17, 15) is 0 Å². The molecule has 0 amide bonds. The van der Waals surface area contributed by atoms with E-state index in [2.05, 4.69) is 21.4 Å². The van der Waals surface area contributed by atoms with Crippen LogP contribution in [0.1, 0.15) is 25.0 Å². The highest BCUT2D eigenvalue weighted by molar-refractivity contribution is 5.25. The van der Waals surface area contributed by atoms with Crippen LogP contribution in [0.15, 0.2) is 42.9 Å². The second kappa shape index (κ2) is 7.60. The number of rotatable bonds is 7. The van der Waals surface area contributed by atoms with Crippen molar-refractivity contribution in [1.29, 1.82) is 0 Å². The molecule has 0 saturated heterocycles. The average Bonchev–Trinajstić information content (AvgIpc) is 2.46. The van der Waals surface area contributed by atoms with Crippen LogP contribution in [0, 0.1) is 0 Å². The molecular weight excluding hydrogens is 250 g/mol. The molecule has 0 aliphatic rings. The molecule has 2 heterocycles. The largest absolute Gasteiger partial charge is 0.475 e. The molecule has 4 heteroatoms. The maximum Gasteiger partial charge on any atom is 0.218 e. The van der Waals surface area contributed by atoms with Crippen LogP contribution in [0.2, 0.25) is 0 Å². The second-order valence-electron chi connectivity index (χ2n) is 4.92. The third kappa shape index (κ3) is 4.63. The van der Waals surface area contributed by atoms with E-state index in [4.69, 9.17) is 4.74 Å². The standard InChI is InChI=1S/C16H21N3O/c1-13(2)20-16-15(6-4-9-19-16)12-18-10-7-14-5-3-8-17-11-14/h3-6,8-9,11,13,18H,7,10,12H2,1-2H3. The topological polar surface area (TPSA) is 47.0 Å². The van der Waals surface area contributed by atoms with Crippen molar-refractivity contribution < 1.29 is 4.74 Å². The minimum atomic E-state index is 0.138. The minimum absolute atomic E-state index is 0.138. The number of nitrogens with zero attached hydrogens (tertiary/aromatic N) is 2. The molecule has 1 N–H and O–H groups in total. The van der Waals surface area contributed by atoms with E-state index in [1.54, 1.807) is 12.4 Å². The fourth-order valence-electron chi connectivity index (χ4n) is 1.89. The van der Waals surface area contributed by atoms with Crippen LogP contribution in [0.5, 0.6) is 5.88 Å². The Balaban J connectivity index is 1.82. The molecule has 0 fully saturated rings. The maximum atomic E-state index is 5.70. The van der Waals surface area contributed by atoms with Gasteiger partial charge in [0.25, 0.3) is 0 Å². The minimum Gasteiger partial charge on any atom is -0.475 e. The van der Waals surface area contributed by atoms with Gasteiger partial charge in [-0.2, -0.15) is 0 Å². The Morgan fingerprint density at radius 3 is 2.80 bits per heavy atom. The molecule has 0 spiro atoms. The second-order valence-corrected chi connectivity index (χ2v) is 4.92. The Hall–Kier alpha value is -1.94. The number of nitrogens with one attached hydrogen (secondary N) is 1. The van der Waals surface area contributed by atoms with Crippen molar-refractivity contribution in [3.05, 3.63) is 54.0 Å². The zero-order valence-corrected chi connectivity index (χ0v) is 12.0. The van der Waals surface area contributed by atoms with Crippen molar-refractivity contribution in [3.63, 3.8) is 0 Å². The van der Waals surface area contributed by atoms with Crippen molar-refractivity contribution in [3.8, 4) is 5.88 Å². The van der Waals surface area contributed by atoms with Crippen LogP contribution < -0.4 is 10.1 Å². The highest BCUT2D eigenvalue weighted by atomic mass is 16.5.